The summed E-state index contributed by atoms with van der Waals surface area (Å²) >= 11 is 0. The van der Waals surface area contributed by atoms with E-state index in [-0.39, 0.29) is 0 Å². The van der Waals surface area contributed by atoms with Crippen LogP contribution in [-0.4, -0.2) is 6.91 Å². The summed E-state index contributed by atoms with van der Waals surface area (Å²) < 4.78 is 0. The van der Waals surface area contributed by atoms with Crippen LogP contribution in [0, 0.1) is 0 Å². The molecule has 1 aromatic heterocycles. The van der Waals surface area contributed by atoms with Gasteiger partial charge in [-0.25, -0.2) is 0 Å². The van der Waals surface area contributed by atoms with Crippen molar-refractivity contribution in [2.75, 3.05) is 4.90 Å². The van der Waals surface area contributed by atoms with Crippen molar-refractivity contribution in [1.82, 2.24) is 0 Å². The molecule has 1 aliphatic rings. The van der Waals surface area contributed by atoms with Crippen molar-refractivity contribution in [3.63, 3.8) is 0 Å². The molecule has 2 aromatic carbocycles. The molecule has 0 radical (unpaired) electrons. The van der Waals surface area contributed by atoms with Gasteiger partial charge in [0.15, 0.2) is 0 Å². The van der Waals surface area contributed by atoms with Crippen molar-refractivity contribution >= 4 is 18.3 Å². The summed E-state index contributed by atoms with van der Waals surface area (Å²) in [7, 11) is 0. The molecule has 0 spiro atoms. The predicted octanol–water partition coefficient (Wildman–Crippen LogP) is 4.27. The minimum atomic E-state index is 0.912. The van der Waals surface area contributed by atoms with E-state index in [1.807, 2.05) is 0 Å². The molecule has 21 heavy (non-hydrogen) atoms. The monoisotopic (exact) mass is 269 g/mol. The summed E-state index contributed by atoms with van der Waals surface area (Å²) in [6, 6.07) is 21.8. The second kappa shape index (κ2) is 5.21. The third-order valence-electron chi connectivity index (χ3n) is 4.13. The van der Waals surface area contributed by atoms with E-state index < -0.39 is 0 Å². The number of fused-ring (bicyclic) bond motifs is 2. The van der Waals surface area contributed by atoms with Gasteiger partial charge in [0.2, 0.25) is 0 Å². The van der Waals surface area contributed by atoms with E-state index in [9.17, 15) is 0 Å². The Kier molecular flexibility index (Phi) is 3.08. The second-order valence-electron chi connectivity index (χ2n) is 5.51. The average Bonchev–Trinajstić information content (AvgIpc) is 2.55. The normalized spacial score (nSPS) is 12.5. The molecule has 2 heterocycles. The van der Waals surface area contributed by atoms with Gasteiger partial charge in [-0.2, -0.15) is 0 Å². The van der Waals surface area contributed by atoms with Gasteiger partial charge < -0.3 is 0 Å². The molecular formula is C19H16BN. The molecule has 4 rings (SSSR count). The van der Waals surface area contributed by atoms with Crippen molar-refractivity contribution in [3.05, 3.63) is 89.3 Å². The van der Waals surface area contributed by atoms with Crippen molar-refractivity contribution in [3.8, 4) is 0 Å². The number of anilines is 2. The Morgan fingerprint density at radius 2 is 1.48 bits per heavy atom. The van der Waals surface area contributed by atoms with Gasteiger partial charge in [-0.1, -0.05) is 0 Å². The van der Waals surface area contributed by atoms with Crippen LogP contribution in [0.15, 0.2) is 72.6 Å². The van der Waals surface area contributed by atoms with Gasteiger partial charge in [-0.05, 0) is 0 Å². The summed E-state index contributed by atoms with van der Waals surface area (Å²) in [4.78, 5) is 2.43. The first-order valence-corrected chi connectivity index (χ1v) is 7.39. The molecule has 0 saturated carbocycles. The maximum absolute atomic E-state index is 2.43. The maximum atomic E-state index is 2.43. The number of benzene rings is 2. The van der Waals surface area contributed by atoms with Crippen LogP contribution < -0.4 is 4.90 Å². The summed E-state index contributed by atoms with van der Waals surface area (Å²) in [6.45, 7) is 3.02. The van der Waals surface area contributed by atoms with Crippen LogP contribution in [-0.2, 0) is 13.0 Å². The Hall–Kier alpha value is -2.35. The van der Waals surface area contributed by atoms with Crippen LogP contribution in [0.3, 0.4) is 0 Å². The fraction of sp³-hybridized carbons (Fsp3) is 0.105. The Labute approximate surface area is 126 Å². The van der Waals surface area contributed by atoms with E-state index in [0.717, 1.165) is 13.0 Å². The molecule has 0 fully saturated rings. The van der Waals surface area contributed by atoms with E-state index >= 15 is 0 Å². The minimum absolute atomic E-state index is 0.912. The van der Waals surface area contributed by atoms with Crippen LogP contribution in [0.1, 0.15) is 16.7 Å². The topological polar surface area (TPSA) is 3.24 Å². The van der Waals surface area contributed by atoms with Gasteiger partial charge in [0.1, 0.15) is 0 Å². The summed E-state index contributed by atoms with van der Waals surface area (Å²) in [5.74, 6) is 4.27. The second-order valence-corrected chi connectivity index (χ2v) is 5.51. The van der Waals surface area contributed by atoms with Crippen LogP contribution in [0.4, 0.5) is 11.4 Å². The molecule has 0 atom stereocenters. The van der Waals surface area contributed by atoms with Crippen molar-refractivity contribution in [2.24, 2.45) is 0 Å². The number of nitrogens with zero attached hydrogens (tertiary/aromatic N) is 1. The molecule has 3 aromatic rings. The Balaban J connectivity index is 1.82. The number of rotatable bonds is 2. The van der Waals surface area contributed by atoms with Gasteiger partial charge in [-0.15, -0.1) is 0 Å². The zero-order valence-corrected chi connectivity index (χ0v) is 11.9. The molecule has 0 aliphatic carbocycles. The first-order chi connectivity index (χ1) is 10.4. The average molecular weight is 269 g/mol. The first kappa shape index (κ1) is 12.4. The fourth-order valence-electron chi connectivity index (χ4n) is 3.12. The van der Waals surface area contributed by atoms with Crippen LogP contribution in [0.5, 0.6) is 0 Å². The van der Waals surface area contributed by atoms with Crippen LogP contribution >= 0.6 is 0 Å². The van der Waals surface area contributed by atoms with Crippen molar-refractivity contribution in [1.29, 1.82) is 0 Å². The van der Waals surface area contributed by atoms with E-state index in [0.29, 0.717) is 0 Å². The Morgan fingerprint density at radius 1 is 0.810 bits per heavy atom. The summed E-state index contributed by atoms with van der Waals surface area (Å²) in [6.07, 6.45) is 1.03. The molecule has 0 unspecified atom stereocenters. The van der Waals surface area contributed by atoms with Gasteiger partial charge in [0.05, 0.1) is 0 Å². The van der Waals surface area contributed by atoms with Crippen LogP contribution in [0.25, 0.3) is 0 Å². The molecule has 0 N–H and O–H groups in total. The van der Waals surface area contributed by atoms with Gasteiger partial charge >= 0.3 is 125 Å². The molecule has 100 valence electrons. The molecule has 0 amide bonds. The molecule has 1 aliphatic heterocycles. The molecule has 1 nitrogen and oxygen atoms in total. The fourth-order valence-corrected chi connectivity index (χ4v) is 3.12. The third-order valence-corrected chi connectivity index (χ3v) is 4.13. The Morgan fingerprint density at radius 3 is 2.10 bits per heavy atom. The summed E-state index contributed by atoms with van der Waals surface area (Å²) in [5.41, 5.74) is 6.82. The van der Waals surface area contributed by atoms with E-state index in [4.69, 9.17) is 0 Å². The molecule has 0 bridgehead atoms. The SMILES string of the molecule is b1cccc(CN2c3ccccc3Cc3ccccc32)c1. The number of hydrogen-bond donors (Lipinski definition) is 0. The zero-order chi connectivity index (χ0) is 14.1. The van der Waals surface area contributed by atoms with Gasteiger partial charge in [0.25, 0.3) is 0 Å². The van der Waals surface area contributed by atoms with E-state index in [1.165, 1.54) is 28.1 Å². The summed E-state index contributed by atoms with van der Waals surface area (Å²) in [5, 5.41) is 0. The van der Waals surface area contributed by atoms with E-state index in [2.05, 4.69) is 84.4 Å². The van der Waals surface area contributed by atoms with Crippen molar-refractivity contribution < 1.29 is 0 Å². The third kappa shape index (κ3) is 2.27. The first-order valence-electron chi connectivity index (χ1n) is 7.39. The molecular weight excluding hydrogens is 253 g/mol. The standard InChI is InChI=1S/C19H16BN/c1-3-9-18-16(7-1)12-17-8-2-4-10-19(17)21(18)14-15-6-5-11-20-13-15/h1-11,13H,12,14H2. The quantitative estimate of drug-likeness (QED) is 0.671. The number of hydrogen-bond acceptors (Lipinski definition) is 1. The Bertz CT molecular complexity index is 722. The predicted molar refractivity (Wildman–Crippen MR) is 89.3 cm³/mol. The van der Waals surface area contributed by atoms with Gasteiger partial charge in [-0.3, -0.25) is 0 Å². The number of para-hydroxylation sites is 2. The van der Waals surface area contributed by atoms with Gasteiger partial charge in [0, 0.05) is 0 Å². The van der Waals surface area contributed by atoms with Crippen molar-refractivity contribution in [2.45, 2.75) is 13.0 Å². The molecule has 0 saturated heterocycles. The zero-order valence-electron chi connectivity index (χ0n) is 11.9. The van der Waals surface area contributed by atoms with E-state index in [1.54, 1.807) is 0 Å². The van der Waals surface area contributed by atoms with Crippen LogP contribution in [0.2, 0.25) is 0 Å². The molecule has 2 heteroatoms.